The lowest BCUT2D eigenvalue weighted by atomic mass is 9.80. The SMILES string of the molecule is CC1CN(C2CCC(c3ccccc3)CC2)C1. The van der Waals surface area contributed by atoms with Gasteiger partial charge < -0.3 is 0 Å². The van der Waals surface area contributed by atoms with Crippen LogP contribution in [0, 0.1) is 5.92 Å². The molecule has 1 heterocycles. The van der Waals surface area contributed by atoms with Gasteiger partial charge in [0.1, 0.15) is 0 Å². The summed E-state index contributed by atoms with van der Waals surface area (Å²) in [6.45, 7) is 5.06. The van der Waals surface area contributed by atoms with Crippen LogP contribution in [0.1, 0.15) is 44.1 Å². The van der Waals surface area contributed by atoms with E-state index in [4.69, 9.17) is 0 Å². The Kier molecular flexibility index (Phi) is 3.19. The lowest BCUT2D eigenvalue weighted by Gasteiger charge is -2.45. The Bertz CT molecular complexity index is 345. The monoisotopic (exact) mass is 229 g/mol. The summed E-state index contributed by atoms with van der Waals surface area (Å²) >= 11 is 0. The third-order valence-corrected chi connectivity index (χ3v) is 4.58. The number of hydrogen-bond donors (Lipinski definition) is 0. The predicted octanol–water partition coefficient (Wildman–Crippen LogP) is 3.66. The van der Waals surface area contributed by atoms with Crippen molar-refractivity contribution in [2.75, 3.05) is 13.1 Å². The lowest BCUT2D eigenvalue weighted by molar-refractivity contribution is 0.0411. The van der Waals surface area contributed by atoms with Crippen molar-refractivity contribution < 1.29 is 0 Å². The molecule has 17 heavy (non-hydrogen) atoms. The van der Waals surface area contributed by atoms with Crippen LogP contribution in [0.3, 0.4) is 0 Å². The van der Waals surface area contributed by atoms with Crippen molar-refractivity contribution in [1.29, 1.82) is 0 Å². The molecule has 0 atom stereocenters. The second-order valence-corrected chi connectivity index (χ2v) is 5.98. The molecule has 0 amide bonds. The summed E-state index contributed by atoms with van der Waals surface area (Å²) in [5.74, 6) is 1.77. The lowest BCUT2D eigenvalue weighted by Crippen LogP contribution is -2.51. The Labute approximate surface area is 105 Å². The third-order valence-electron chi connectivity index (χ3n) is 4.58. The number of rotatable bonds is 2. The second kappa shape index (κ2) is 4.81. The van der Waals surface area contributed by atoms with Gasteiger partial charge in [0, 0.05) is 19.1 Å². The van der Waals surface area contributed by atoms with Gasteiger partial charge in [-0.1, -0.05) is 37.3 Å². The zero-order valence-electron chi connectivity index (χ0n) is 10.8. The van der Waals surface area contributed by atoms with E-state index in [-0.39, 0.29) is 0 Å². The van der Waals surface area contributed by atoms with E-state index >= 15 is 0 Å². The van der Waals surface area contributed by atoms with Crippen LogP contribution in [-0.4, -0.2) is 24.0 Å². The highest BCUT2D eigenvalue weighted by atomic mass is 15.2. The van der Waals surface area contributed by atoms with Gasteiger partial charge in [-0.05, 0) is 43.1 Å². The quantitative estimate of drug-likeness (QED) is 0.748. The number of hydrogen-bond acceptors (Lipinski definition) is 1. The van der Waals surface area contributed by atoms with Gasteiger partial charge in [-0.2, -0.15) is 0 Å². The Balaban J connectivity index is 1.54. The molecule has 1 aromatic rings. The average molecular weight is 229 g/mol. The Morgan fingerprint density at radius 3 is 2.18 bits per heavy atom. The maximum absolute atomic E-state index is 2.70. The molecule has 0 bridgehead atoms. The fourth-order valence-corrected chi connectivity index (χ4v) is 3.54. The van der Waals surface area contributed by atoms with Gasteiger partial charge in [0.15, 0.2) is 0 Å². The molecular formula is C16H23N. The standard InChI is InChI=1S/C16H23N/c1-13-11-17(12-13)16-9-7-15(8-10-16)14-5-3-2-4-6-14/h2-6,13,15-16H,7-12H2,1H3. The highest BCUT2D eigenvalue weighted by Crippen LogP contribution is 2.36. The first-order valence-electron chi connectivity index (χ1n) is 7.12. The molecule has 1 aromatic carbocycles. The molecule has 1 nitrogen and oxygen atoms in total. The molecule has 92 valence electrons. The van der Waals surface area contributed by atoms with Crippen LogP contribution in [-0.2, 0) is 0 Å². The summed E-state index contributed by atoms with van der Waals surface area (Å²) in [5, 5.41) is 0. The van der Waals surface area contributed by atoms with E-state index in [0.29, 0.717) is 0 Å². The van der Waals surface area contributed by atoms with Crippen LogP contribution in [0.2, 0.25) is 0 Å². The molecule has 0 N–H and O–H groups in total. The van der Waals surface area contributed by atoms with Crippen molar-refractivity contribution in [3.63, 3.8) is 0 Å². The minimum Gasteiger partial charge on any atom is -0.300 e. The highest BCUT2D eigenvalue weighted by molar-refractivity contribution is 5.20. The molecule has 0 unspecified atom stereocenters. The van der Waals surface area contributed by atoms with Crippen molar-refractivity contribution in [3.05, 3.63) is 35.9 Å². The molecule has 0 spiro atoms. The summed E-state index contributed by atoms with van der Waals surface area (Å²) in [5.41, 5.74) is 1.56. The van der Waals surface area contributed by atoms with Crippen LogP contribution < -0.4 is 0 Å². The summed E-state index contributed by atoms with van der Waals surface area (Å²) in [7, 11) is 0. The maximum Gasteiger partial charge on any atom is 0.00959 e. The minimum atomic E-state index is 0.825. The molecule has 1 saturated heterocycles. The molecule has 2 aliphatic rings. The zero-order valence-corrected chi connectivity index (χ0v) is 10.8. The van der Waals surface area contributed by atoms with E-state index in [1.165, 1.54) is 38.8 Å². The number of benzene rings is 1. The van der Waals surface area contributed by atoms with Crippen molar-refractivity contribution in [1.82, 2.24) is 4.90 Å². The molecule has 0 radical (unpaired) electrons. The Morgan fingerprint density at radius 1 is 0.941 bits per heavy atom. The normalized spacial score (nSPS) is 31.1. The first-order valence-corrected chi connectivity index (χ1v) is 7.12. The fraction of sp³-hybridized carbons (Fsp3) is 0.625. The Morgan fingerprint density at radius 2 is 1.59 bits per heavy atom. The topological polar surface area (TPSA) is 3.24 Å². The molecule has 1 saturated carbocycles. The van der Waals surface area contributed by atoms with Gasteiger partial charge in [-0.15, -0.1) is 0 Å². The van der Waals surface area contributed by atoms with Gasteiger partial charge >= 0.3 is 0 Å². The second-order valence-electron chi connectivity index (χ2n) is 5.98. The number of likely N-dealkylation sites (tertiary alicyclic amines) is 1. The number of nitrogens with zero attached hydrogens (tertiary/aromatic N) is 1. The maximum atomic E-state index is 2.70. The van der Waals surface area contributed by atoms with Crippen LogP contribution in [0.5, 0.6) is 0 Å². The first-order chi connectivity index (χ1) is 8.33. The van der Waals surface area contributed by atoms with E-state index in [1.54, 1.807) is 5.56 Å². The van der Waals surface area contributed by atoms with E-state index in [0.717, 1.165) is 17.9 Å². The highest BCUT2D eigenvalue weighted by Gasteiger charge is 2.32. The van der Waals surface area contributed by atoms with E-state index in [1.807, 2.05) is 0 Å². The molecule has 3 rings (SSSR count). The minimum absolute atomic E-state index is 0.825. The van der Waals surface area contributed by atoms with Gasteiger partial charge in [-0.3, -0.25) is 4.90 Å². The third kappa shape index (κ3) is 2.40. The fourth-order valence-electron chi connectivity index (χ4n) is 3.54. The summed E-state index contributed by atoms with van der Waals surface area (Å²) in [4.78, 5) is 2.70. The van der Waals surface area contributed by atoms with Crippen molar-refractivity contribution in [2.24, 2.45) is 5.92 Å². The van der Waals surface area contributed by atoms with Crippen LogP contribution in [0.25, 0.3) is 0 Å². The van der Waals surface area contributed by atoms with Crippen molar-refractivity contribution >= 4 is 0 Å². The molecular weight excluding hydrogens is 206 g/mol. The molecule has 2 fully saturated rings. The molecule has 1 aliphatic heterocycles. The van der Waals surface area contributed by atoms with E-state index in [9.17, 15) is 0 Å². The van der Waals surface area contributed by atoms with Crippen molar-refractivity contribution in [2.45, 2.75) is 44.6 Å². The first kappa shape index (κ1) is 11.3. The molecule has 1 aliphatic carbocycles. The zero-order chi connectivity index (χ0) is 11.7. The van der Waals surface area contributed by atoms with Crippen LogP contribution in [0.15, 0.2) is 30.3 Å². The van der Waals surface area contributed by atoms with Gasteiger partial charge in [-0.25, -0.2) is 0 Å². The van der Waals surface area contributed by atoms with Crippen LogP contribution >= 0.6 is 0 Å². The summed E-state index contributed by atoms with van der Waals surface area (Å²) in [6, 6.07) is 12.0. The average Bonchev–Trinajstić information content (AvgIpc) is 2.36. The Hall–Kier alpha value is -0.820. The smallest absolute Gasteiger partial charge is 0.00959 e. The van der Waals surface area contributed by atoms with Gasteiger partial charge in [0.25, 0.3) is 0 Å². The van der Waals surface area contributed by atoms with Gasteiger partial charge in [0.2, 0.25) is 0 Å². The predicted molar refractivity (Wildman–Crippen MR) is 72.2 cm³/mol. The summed E-state index contributed by atoms with van der Waals surface area (Å²) < 4.78 is 0. The molecule has 0 aromatic heterocycles. The van der Waals surface area contributed by atoms with Crippen molar-refractivity contribution in [3.8, 4) is 0 Å². The van der Waals surface area contributed by atoms with Gasteiger partial charge in [0.05, 0.1) is 0 Å². The largest absolute Gasteiger partial charge is 0.300 e. The van der Waals surface area contributed by atoms with E-state index in [2.05, 4.69) is 42.2 Å². The van der Waals surface area contributed by atoms with Crippen LogP contribution in [0.4, 0.5) is 0 Å². The van der Waals surface area contributed by atoms with E-state index < -0.39 is 0 Å². The summed E-state index contributed by atoms with van der Waals surface area (Å²) in [6.07, 6.45) is 5.59. The molecule has 1 heteroatoms.